The molecule has 0 atom stereocenters. The number of nitrogens with one attached hydrogen (secondary N) is 2. The molecule has 0 aliphatic carbocycles. The number of carbonyl (C=O) groups is 1. The number of hydrogen-bond acceptors (Lipinski definition) is 2. The second-order valence-electron chi connectivity index (χ2n) is 4.81. The van der Waals surface area contributed by atoms with E-state index >= 15 is 0 Å². The Morgan fingerprint density at radius 1 is 1.00 bits per heavy atom. The van der Waals surface area contributed by atoms with E-state index in [9.17, 15) is 18.0 Å². The number of rotatable bonds is 5. The van der Waals surface area contributed by atoms with Crippen LogP contribution in [0.15, 0.2) is 36.4 Å². The quantitative estimate of drug-likeness (QED) is 0.824. The average molecular weight is 308 g/mol. The van der Waals surface area contributed by atoms with Crippen molar-refractivity contribution in [1.29, 1.82) is 0 Å². The van der Waals surface area contributed by atoms with Crippen LogP contribution in [0.2, 0.25) is 0 Å². The van der Waals surface area contributed by atoms with E-state index < -0.39 is 23.4 Å². The molecule has 0 bridgehead atoms. The fraction of sp³-hybridized carbons (Fsp3) is 0.188. The number of anilines is 2. The zero-order valence-corrected chi connectivity index (χ0v) is 11.9. The molecule has 2 N–H and O–H groups in total. The summed E-state index contributed by atoms with van der Waals surface area (Å²) in [4.78, 5) is 11.7. The Morgan fingerprint density at radius 2 is 1.68 bits per heavy atom. The lowest BCUT2D eigenvalue weighted by Gasteiger charge is -2.09. The molecule has 22 heavy (non-hydrogen) atoms. The average Bonchev–Trinajstić information content (AvgIpc) is 2.50. The van der Waals surface area contributed by atoms with Gasteiger partial charge in [0, 0.05) is 18.7 Å². The predicted molar refractivity (Wildman–Crippen MR) is 79.2 cm³/mol. The summed E-state index contributed by atoms with van der Waals surface area (Å²) in [6.45, 7) is 2.30. The van der Waals surface area contributed by atoms with Gasteiger partial charge in [0.2, 0.25) is 5.91 Å². The number of hydrogen-bond donors (Lipinski definition) is 2. The SMILES string of the molecule is Cc1ccc(NCCC(=O)Nc2ccc(F)c(F)c2F)cc1. The highest BCUT2D eigenvalue weighted by atomic mass is 19.2. The maximum absolute atomic E-state index is 13.4. The Bertz CT molecular complexity index is 672. The van der Waals surface area contributed by atoms with Gasteiger partial charge in [-0.2, -0.15) is 0 Å². The predicted octanol–water partition coefficient (Wildman–Crippen LogP) is 3.85. The minimum atomic E-state index is -1.60. The van der Waals surface area contributed by atoms with Gasteiger partial charge in [-0.15, -0.1) is 0 Å². The summed E-state index contributed by atoms with van der Waals surface area (Å²) in [5.41, 5.74) is 1.61. The van der Waals surface area contributed by atoms with Crippen LogP contribution in [0.3, 0.4) is 0 Å². The molecule has 1 amide bonds. The van der Waals surface area contributed by atoms with Crippen LogP contribution in [0.25, 0.3) is 0 Å². The zero-order chi connectivity index (χ0) is 16.1. The van der Waals surface area contributed by atoms with E-state index in [1.54, 1.807) is 0 Å². The lowest BCUT2D eigenvalue weighted by atomic mass is 10.2. The van der Waals surface area contributed by atoms with Crippen LogP contribution in [-0.4, -0.2) is 12.5 Å². The highest BCUT2D eigenvalue weighted by Crippen LogP contribution is 2.19. The molecule has 0 saturated heterocycles. The Kier molecular flexibility index (Phi) is 5.04. The number of aryl methyl sites for hydroxylation is 1. The van der Waals surface area contributed by atoms with Crippen molar-refractivity contribution >= 4 is 17.3 Å². The molecule has 0 spiro atoms. The van der Waals surface area contributed by atoms with E-state index in [0.29, 0.717) is 6.54 Å². The van der Waals surface area contributed by atoms with Crippen LogP contribution >= 0.6 is 0 Å². The van der Waals surface area contributed by atoms with Crippen LogP contribution in [0.1, 0.15) is 12.0 Å². The summed E-state index contributed by atoms with van der Waals surface area (Å²) in [5.74, 6) is -4.79. The van der Waals surface area contributed by atoms with Gasteiger partial charge in [-0.1, -0.05) is 17.7 Å². The van der Waals surface area contributed by atoms with Gasteiger partial charge >= 0.3 is 0 Å². The van der Waals surface area contributed by atoms with Gasteiger partial charge in [-0.05, 0) is 31.2 Å². The highest BCUT2D eigenvalue weighted by molar-refractivity contribution is 5.91. The molecule has 2 aromatic carbocycles. The maximum atomic E-state index is 13.4. The molecule has 6 heteroatoms. The first-order valence-corrected chi connectivity index (χ1v) is 6.71. The Morgan fingerprint density at radius 3 is 2.36 bits per heavy atom. The van der Waals surface area contributed by atoms with Gasteiger partial charge < -0.3 is 10.6 Å². The van der Waals surface area contributed by atoms with Crippen LogP contribution in [0.5, 0.6) is 0 Å². The fourth-order valence-electron chi connectivity index (χ4n) is 1.83. The molecule has 2 aromatic rings. The lowest BCUT2D eigenvalue weighted by Crippen LogP contribution is -2.17. The van der Waals surface area contributed by atoms with Gasteiger partial charge in [-0.3, -0.25) is 4.79 Å². The molecule has 0 fully saturated rings. The molecule has 116 valence electrons. The standard InChI is InChI=1S/C16H15F3N2O/c1-10-2-4-11(5-3-10)20-9-8-14(22)21-13-7-6-12(17)15(18)16(13)19/h2-7,20H,8-9H2,1H3,(H,21,22). The van der Waals surface area contributed by atoms with Gasteiger partial charge in [0.25, 0.3) is 0 Å². The van der Waals surface area contributed by atoms with E-state index in [1.807, 2.05) is 31.2 Å². The molecular formula is C16H15F3N2O. The van der Waals surface area contributed by atoms with E-state index in [2.05, 4.69) is 10.6 Å². The lowest BCUT2D eigenvalue weighted by molar-refractivity contribution is -0.116. The van der Waals surface area contributed by atoms with Crippen LogP contribution < -0.4 is 10.6 Å². The normalized spacial score (nSPS) is 10.4. The van der Waals surface area contributed by atoms with Crippen molar-refractivity contribution in [1.82, 2.24) is 0 Å². The monoisotopic (exact) mass is 308 g/mol. The van der Waals surface area contributed by atoms with Crippen molar-refractivity contribution in [2.75, 3.05) is 17.2 Å². The molecule has 0 aliphatic heterocycles. The maximum Gasteiger partial charge on any atom is 0.226 e. The molecule has 0 aliphatic rings. The molecule has 3 nitrogen and oxygen atoms in total. The number of benzene rings is 2. The van der Waals surface area contributed by atoms with Crippen molar-refractivity contribution in [2.24, 2.45) is 0 Å². The number of amides is 1. The van der Waals surface area contributed by atoms with E-state index in [1.165, 1.54) is 0 Å². The van der Waals surface area contributed by atoms with Gasteiger partial charge in [0.05, 0.1) is 5.69 Å². The van der Waals surface area contributed by atoms with Crippen LogP contribution in [0.4, 0.5) is 24.5 Å². The Labute approximate surface area is 126 Å². The van der Waals surface area contributed by atoms with Crippen molar-refractivity contribution in [3.63, 3.8) is 0 Å². The minimum Gasteiger partial charge on any atom is -0.385 e. The van der Waals surface area contributed by atoms with Crippen molar-refractivity contribution < 1.29 is 18.0 Å². The number of halogens is 3. The van der Waals surface area contributed by atoms with Gasteiger partial charge in [0.15, 0.2) is 17.5 Å². The van der Waals surface area contributed by atoms with Crippen molar-refractivity contribution in [3.8, 4) is 0 Å². The summed E-state index contributed by atoms with van der Waals surface area (Å²) < 4.78 is 39.2. The Balaban J connectivity index is 1.86. The first kappa shape index (κ1) is 15.9. The van der Waals surface area contributed by atoms with Crippen LogP contribution in [-0.2, 0) is 4.79 Å². The van der Waals surface area contributed by atoms with Crippen molar-refractivity contribution in [3.05, 3.63) is 59.4 Å². The topological polar surface area (TPSA) is 41.1 Å². The third kappa shape index (κ3) is 4.00. The van der Waals surface area contributed by atoms with Crippen molar-refractivity contribution in [2.45, 2.75) is 13.3 Å². The summed E-state index contributed by atoms with van der Waals surface area (Å²) in [5, 5.41) is 5.25. The zero-order valence-electron chi connectivity index (χ0n) is 11.9. The largest absolute Gasteiger partial charge is 0.385 e. The molecule has 0 aromatic heterocycles. The third-order valence-electron chi connectivity index (χ3n) is 3.04. The van der Waals surface area contributed by atoms with E-state index in [0.717, 1.165) is 23.4 Å². The van der Waals surface area contributed by atoms with E-state index in [-0.39, 0.29) is 12.1 Å². The third-order valence-corrected chi connectivity index (χ3v) is 3.04. The highest BCUT2D eigenvalue weighted by Gasteiger charge is 2.14. The molecular weight excluding hydrogens is 293 g/mol. The van der Waals surface area contributed by atoms with Gasteiger partial charge in [0.1, 0.15) is 0 Å². The minimum absolute atomic E-state index is 0.0618. The molecule has 0 unspecified atom stereocenters. The first-order chi connectivity index (χ1) is 10.5. The molecule has 0 heterocycles. The number of carbonyl (C=O) groups excluding carboxylic acids is 1. The molecule has 0 radical (unpaired) electrons. The molecule has 2 rings (SSSR count). The second kappa shape index (κ2) is 6.98. The summed E-state index contributed by atoms with van der Waals surface area (Å²) >= 11 is 0. The Hall–Kier alpha value is -2.50. The summed E-state index contributed by atoms with van der Waals surface area (Å²) in [6, 6.07) is 9.36. The summed E-state index contributed by atoms with van der Waals surface area (Å²) in [6.07, 6.45) is 0.0618. The fourth-order valence-corrected chi connectivity index (χ4v) is 1.83. The van der Waals surface area contributed by atoms with Gasteiger partial charge in [-0.25, -0.2) is 13.2 Å². The summed E-state index contributed by atoms with van der Waals surface area (Å²) in [7, 11) is 0. The van der Waals surface area contributed by atoms with Crippen LogP contribution in [0, 0.1) is 24.4 Å². The first-order valence-electron chi connectivity index (χ1n) is 6.71. The van der Waals surface area contributed by atoms with E-state index in [4.69, 9.17) is 0 Å². The molecule has 0 saturated carbocycles. The smallest absolute Gasteiger partial charge is 0.226 e. The second-order valence-corrected chi connectivity index (χ2v) is 4.81.